The van der Waals surface area contributed by atoms with Gasteiger partial charge in [0.2, 0.25) is 5.91 Å². The second kappa shape index (κ2) is 6.57. The molecule has 0 saturated heterocycles. The van der Waals surface area contributed by atoms with E-state index in [1.165, 1.54) is 11.1 Å². The fourth-order valence-electron chi connectivity index (χ4n) is 2.12. The predicted molar refractivity (Wildman–Crippen MR) is 78.9 cm³/mol. The lowest BCUT2D eigenvalue weighted by Crippen LogP contribution is -2.28. The number of carbonyl (C=O) groups excluding carboxylic acids is 1. The third-order valence-electron chi connectivity index (χ3n) is 3.39. The molecule has 2 rings (SSSR count). The fraction of sp³-hybridized carbons (Fsp3) is 0.438. The van der Waals surface area contributed by atoms with E-state index >= 15 is 0 Å². The Morgan fingerprint density at radius 2 is 2.05 bits per heavy atom. The van der Waals surface area contributed by atoms with Crippen LogP contribution in [-0.2, 0) is 16.0 Å². The van der Waals surface area contributed by atoms with E-state index in [-0.39, 0.29) is 5.91 Å². The van der Waals surface area contributed by atoms with Gasteiger partial charge in [-0.1, -0.05) is 0 Å². The van der Waals surface area contributed by atoms with E-state index in [1.807, 2.05) is 13.0 Å². The van der Waals surface area contributed by atoms with Gasteiger partial charge in [-0.2, -0.15) is 0 Å². The second-order valence-corrected chi connectivity index (χ2v) is 4.92. The first kappa shape index (κ1) is 14.6. The highest BCUT2D eigenvalue weighted by atomic mass is 16.5. The zero-order chi connectivity index (χ0) is 14.5. The number of hydrogen-bond acceptors (Lipinski definition) is 3. The van der Waals surface area contributed by atoms with Crippen molar-refractivity contribution < 1.29 is 13.9 Å². The molecule has 1 heterocycles. The van der Waals surface area contributed by atoms with Crippen molar-refractivity contribution in [1.82, 2.24) is 5.32 Å². The maximum atomic E-state index is 11.9. The number of carbonyl (C=O) groups is 1. The summed E-state index contributed by atoms with van der Waals surface area (Å²) >= 11 is 0. The monoisotopic (exact) mass is 275 g/mol. The minimum atomic E-state index is -0.00867. The summed E-state index contributed by atoms with van der Waals surface area (Å²) in [5.74, 6) is -0.00867. The minimum absolute atomic E-state index is 0.00867. The van der Waals surface area contributed by atoms with Crippen LogP contribution in [-0.4, -0.2) is 25.7 Å². The molecule has 0 saturated carbocycles. The smallest absolute Gasteiger partial charge is 0.224 e. The van der Waals surface area contributed by atoms with Gasteiger partial charge < -0.3 is 14.5 Å². The summed E-state index contributed by atoms with van der Waals surface area (Å²) in [6.07, 6.45) is 2.01. The topological polar surface area (TPSA) is 51.5 Å². The molecule has 20 heavy (non-hydrogen) atoms. The lowest BCUT2D eigenvalue weighted by molar-refractivity contribution is -0.120. The average molecular weight is 275 g/mol. The Bertz CT molecular complexity index is 601. The standard InChI is InChI=1S/C16H21NO3/c1-4-19-6-5-17-16(18)9-13-10-20-15-8-12(3)11(2)7-14(13)15/h7-8,10H,4-6,9H2,1-3H3,(H,17,18). The average Bonchev–Trinajstić information content (AvgIpc) is 2.78. The highest BCUT2D eigenvalue weighted by Crippen LogP contribution is 2.25. The molecule has 1 N–H and O–H groups in total. The molecule has 0 unspecified atom stereocenters. The normalized spacial score (nSPS) is 10.9. The summed E-state index contributed by atoms with van der Waals surface area (Å²) in [5, 5.41) is 3.86. The molecule has 0 atom stereocenters. The largest absolute Gasteiger partial charge is 0.464 e. The number of furan rings is 1. The minimum Gasteiger partial charge on any atom is -0.464 e. The maximum absolute atomic E-state index is 11.9. The van der Waals surface area contributed by atoms with Crippen LogP contribution in [0.25, 0.3) is 11.0 Å². The number of hydrogen-bond donors (Lipinski definition) is 1. The Labute approximate surface area is 119 Å². The van der Waals surface area contributed by atoms with Crippen LogP contribution in [0.2, 0.25) is 0 Å². The van der Waals surface area contributed by atoms with Crippen molar-refractivity contribution in [1.29, 1.82) is 0 Å². The van der Waals surface area contributed by atoms with Crippen molar-refractivity contribution in [3.8, 4) is 0 Å². The molecule has 0 bridgehead atoms. The molecule has 108 valence electrons. The molecule has 1 aromatic carbocycles. The number of fused-ring (bicyclic) bond motifs is 1. The number of rotatable bonds is 6. The Kier molecular flexibility index (Phi) is 4.79. The summed E-state index contributed by atoms with van der Waals surface area (Å²) < 4.78 is 10.7. The Morgan fingerprint density at radius 1 is 1.30 bits per heavy atom. The number of nitrogens with one attached hydrogen (secondary N) is 1. The molecule has 1 amide bonds. The first-order chi connectivity index (χ1) is 9.61. The first-order valence-electron chi connectivity index (χ1n) is 6.93. The van der Waals surface area contributed by atoms with Crippen LogP contribution in [0.15, 0.2) is 22.8 Å². The molecule has 4 heteroatoms. The van der Waals surface area contributed by atoms with Gasteiger partial charge in [-0.25, -0.2) is 0 Å². The Hall–Kier alpha value is -1.81. The molecule has 0 aliphatic rings. The lowest BCUT2D eigenvalue weighted by Gasteiger charge is -2.05. The SMILES string of the molecule is CCOCCNC(=O)Cc1coc2cc(C)c(C)cc12. The number of amides is 1. The van der Waals surface area contributed by atoms with Crippen molar-refractivity contribution in [2.45, 2.75) is 27.2 Å². The van der Waals surface area contributed by atoms with Gasteiger partial charge in [-0.15, -0.1) is 0 Å². The third kappa shape index (κ3) is 3.39. The van der Waals surface area contributed by atoms with Gasteiger partial charge in [0.15, 0.2) is 0 Å². The van der Waals surface area contributed by atoms with Crippen LogP contribution in [0.4, 0.5) is 0 Å². The van der Waals surface area contributed by atoms with Crippen molar-refractivity contribution >= 4 is 16.9 Å². The van der Waals surface area contributed by atoms with Gasteiger partial charge in [-0.3, -0.25) is 4.79 Å². The summed E-state index contributed by atoms with van der Waals surface area (Å²) in [6.45, 7) is 7.81. The van der Waals surface area contributed by atoms with Gasteiger partial charge >= 0.3 is 0 Å². The van der Waals surface area contributed by atoms with Crippen LogP contribution in [0, 0.1) is 13.8 Å². The van der Waals surface area contributed by atoms with Crippen LogP contribution in [0.1, 0.15) is 23.6 Å². The predicted octanol–water partition coefficient (Wildman–Crippen LogP) is 2.74. The van der Waals surface area contributed by atoms with E-state index in [0.29, 0.717) is 26.2 Å². The van der Waals surface area contributed by atoms with Gasteiger partial charge in [0.05, 0.1) is 19.3 Å². The van der Waals surface area contributed by atoms with E-state index in [0.717, 1.165) is 16.5 Å². The molecular weight excluding hydrogens is 254 g/mol. The zero-order valence-electron chi connectivity index (χ0n) is 12.3. The van der Waals surface area contributed by atoms with Crippen molar-refractivity contribution in [3.63, 3.8) is 0 Å². The highest BCUT2D eigenvalue weighted by Gasteiger charge is 2.11. The first-order valence-corrected chi connectivity index (χ1v) is 6.93. The van der Waals surface area contributed by atoms with Gasteiger partial charge in [-0.05, 0) is 44.0 Å². The molecule has 0 spiro atoms. The van der Waals surface area contributed by atoms with E-state index in [2.05, 4.69) is 25.2 Å². The quantitative estimate of drug-likeness (QED) is 0.825. The number of aryl methyl sites for hydroxylation is 2. The zero-order valence-corrected chi connectivity index (χ0v) is 12.3. The number of benzene rings is 1. The fourth-order valence-corrected chi connectivity index (χ4v) is 2.12. The summed E-state index contributed by atoms with van der Waals surface area (Å²) in [4.78, 5) is 11.9. The molecule has 0 aliphatic heterocycles. The second-order valence-electron chi connectivity index (χ2n) is 4.92. The van der Waals surface area contributed by atoms with Crippen molar-refractivity contribution in [2.24, 2.45) is 0 Å². The van der Waals surface area contributed by atoms with Crippen molar-refractivity contribution in [2.75, 3.05) is 19.8 Å². The van der Waals surface area contributed by atoms with E-state index in [9.17, 15) is 4.79 Å². The third-order valence-corrected chi connectivity index (χ3v) is 3.39. The molecule has 4 nitrogen and oxygen atoms in total. The van der Waals surface area contributed by atoms with Gasteiger partial charge in [0.1, 0.15) is 5.58 Å². The molecular formula is C16H21NO3. The van der Waals surface area contributed by atoms with Crippen LogP contribution in [0.5, 0.6) is 0 Å². The molecule has 2 aromatic rings. The molecule has 0 aliphatic carbocycles. The Morgan fingerprint density at radius 3 is 2.80 bits per heavy atom. The summed E-state index contributed by atoms with van der Waals surface area (Å²) in [5.41, 5.74) is 4.17. The molecule has 0 radical (unpaired) electrons. The van der Waals surface area contributed by atoms with E-state index in [4.69, 9.17) is 9.15 Å². The van der Waals surface area contributed by atoms with Crippen LogP contribution >= 0.6 is 0 Å². The molecule has 0 fully saturated rings. The molecule has 1 aromatic heterocycles. The number of ether oxygens (including phenoxy) is 1. The Balaban J connectivity index is 2.02. The van der Waals surface area contributed by atoms with Crippen LogP contribution in [0.3, 0.4) is 0 Å². The van der Waals surface area contributed by atoms with E-state index < -0.39 is 0 Å². The lowest BCUT2D eigenvalue weighted by atomic mass is 10.0. The maximum Gasteiger partial charge on any atom is 0.224 e. The highest BCUT2D eigenvalue weighted by molar-refractivity contribution is 5.88. The van der Waals surface area contributed by atoms with E-state index in [1.54, 1.807) is 6.26 Å². The van der Waals surface area contributed by atoms with Gasteiger partial charge in [0.25, 0.3) is 0 Å². The van der Waals surface area contributed by atoms with Gasteiger partial charge in [0, 0.05) is 24.1 Å². The van der Waals surface area contributed by atoms with Crippen molar-refractivity contribution in [3.05, 3.63) is 35.1 Å². The summed E-state index contributed by atoms with van der Waals surface area (Å²) in [6, 6.07) is 4.10. The van der Waals surface area contributed by atoms with Crippen LogP contribution < -0.4 is 5.32 Å². The summed E-state index contributed by atoms with van der Waals surface area (Å²) in [7, 11) is 0.